The number of rotatable bonds is 5. The van der Waals surface area contributed by atoms with Gasteiger partial charge in [0.2, 0.25) is 0 Å². The normalized spacial score (nSPS) is 15.3. The number of amides is 1. The Balaban J connectivity index is 1.71. The van der Waals surface area contributed by atoms with E-state index in [4.69, 9.17) is 9.47 Å². The van der Waals surface area contributed by atoms with Gasteiger partial charge in [-0.2, -0.15) is 0 Å². The SMILES string of the molecule is COc1ccc(C(=O)N2CCC(S(=O)(=O)c3ccc(F)cc3)CC2)c(OC)c1. The number of sulfone groups is 1. The molecule has 1 saturated heterocycles. The van der Waals surface area contributed by atoms with Crippen molar-refractivity contribution in [3.63, 3.8) is 0 Å². The number of halogens is 1. The highest BCUT2D eigenvalue weighted by molar-refractivity contribution is 7.92. The summed E-state index contributed by atoms with van der Waals surface area (Å²) in [6, 6.07) is 9.81. The fourth-order valence-corrected chi connectivity index (χ4v) is 5.06. The molecule has 0 aliphatic carbocycles. The lowest BCUT2D eigenvalue weighted by Gasteiger charge is -2.32. The molecule has 0 radical (unpaired) electrons. The number of piperidine rings is 1. The molecule has 0 unspecified atom stereocenters. The third-order valence-electron chi connectivity index (χ3n) is 4.95. The minimum atomic E-state index is -3.56. The molecule has 1 fully saturated rings. The van der Waals surface area contributed by atoms with Crippen LogP contribution in [0.3, 0.4) is 0 Å². The van der Waals surface area contributed by atoms with Gasteiger partial charge in [0.05, 0.1) is 29.9 Å². The van der Waals surface area contributed by atoms with Gasteiger partial charge >= 0.3 is 0 Å². The number of carbonyl (C=O) groups is 1. The highest BCUT2D eigenvalue weighted by Crippen LogP contribution is 2.29. The third-order valence-corrected chi connectivity index (χ3v) is 7.23. The largest absolute Gasteiger partial charge is 0.497 e. The Morgan fingerprint density at radius 3 is 2.25 bits per heavy atom. The summed E-state index contributed by atoms with van der Waals surface area (Å²) in [7, 11) is -0.551. The van der Waals surface area contributed by atoms with Crippen molar-refractivity contribution in [2.45, 2.75) is 23.0 Å². The van der Waals surface area contributed by atoms with Crippen molar-refractivity contribution in [1.29, 1.82) is 0 Å². The van der Waals surface area contributed by atoms with E-state index < -0.39 is 20.9 Å². The zero-order chi connectivity index (χ0) is 20.3. The first-order chi connectivity index (χ1) is 13.4. The topological polar surface area (TPSA) is 72.9 Å². The molecule has 1 aliphatic rings. The van der Waals surface area contributed by atoms with Crippen molar-refractivity contribution in [1.82, 2.24) is 4.90 Å². The Labute approximate surface area is 163 Å². The Bertz CT molecular complexity index is 951. The van der Waals surface area contributed by atoms with Gasteiger partial charge in [0.1, 0.15) is 17.3 Å². The molecule has 2 aromatic rings. The average molecular weight is 407 g/mol. The quantitative estimate of drug-likeness (QED) is 0.713. The van der Waals surface area contributed by atoms with Crippen molar-refractivity contribution in [3.05, 3.63) is 53.8 Å². The van der Waals surface area contributed by atoms with Crippen LogP contribution in [0, 0.1) is 5.82 Å². The molecule has 0 N–H and O–H groups in total. The molecular formula is C20H22FNO5S. The fourth-order valence-electron chi connectivity index (χ4n) is 3.33. The summed E-state index contributed by atoms with van der Waals surface area (Å²) in [6.45, 7) is 0.637. The first kappa shape index (κ1) is 20.1. The van der Waals surface area contributed by atoms with E-state index in [9.17, 15) is 17.6 Å². The van der Waals surface area contributed by atoms with Crippen molar-refractivity contribution < 1.29 is 27.1 Å². The van der Waals surface area contributed by atoms with Crippen LogP contribution in [-0.4, -0.2) is 51.8 Å². The number of benzene rings is 2. The van der Waals surface area contributed by atoms with E-state index in [2.05, 4.69) is 0 Å². The summed E-state index contributed by atoms with van der Waals surface area (Å²) in [4.78, 5) is 14.6. The van der Waals surface area contributed by atoms with Crippen LogP contribution >= 0.6 is 0 Å². The second-order valence-corrected chi connectivity index (χ2v) is 8.78. The van der Waals surface area contributed by atoms with Crippen LogP contribution in [0.15, 0.2) is 47.4 Å². The van der Waals surface area contributed by atoms with Gasteiger partial charge in [-0.3, -0.25) is 4.79 Å². The zero-order valence-electron chi connectivity index (χ0n) is 15.7. The third kappa shape index (κ3) is 3.96. The number of carbonyl (C=O) groups excluding carboxylic acids is 1. The van der Waals surface area contributed by atoms with E-state index in [-0.39, 0.29) is 10.8 Å². The van der Waals surface area contributed by atoms with E-state index >= 15 is 0 Å². The molecule has 6 nitrogen and oxygen atoms in total. The summed E-state index contributed by atoms with van der Waals surface area (Å²) < 4.78 is 49.0. The predicted octanol–water partition coefficient (Wildman–Crippen LogP) is 2.92. The molecule has 1 heterocycles. The number of hydrogen-bond donors (Lipinski definition) is 0. The Kier molecular flexibility index (Phi) is 5.88. The molecular weight excluding hydrogens is 385 g/mol. The Morgan fingerprint density at radius 2 is 1.68 bits per heavy atom. The van der Waals surface area contributed by atoms with Crippen LogP contribution in [0.1, 0.15) is 23.2 Å². The van der Waals surface area contributed by atoms with E-state index in [1.807, 2.05) is 0 Å². The molecule has 150 valence electrons. The molecule has 8 heteroatoms. The Morgan fingerprint density at radius 1 is 1.04 bits per heavy atom. The maximum Gasteiger partial charge on any atom is 0.257 e. The van der Waals surface area contributed by atoms with Crippen LogP contribution in [0.4, 0.5) is 4.39 Å². The van der Waals surface area contributed by atoms with Crippen LogP contribution < -0.4 is 9.47 Å². The van der Waals surface area contributed by atoms with E-state index in [1.54, 1.807) is 23.1 Å². The van der Waals surface area contributed by atoms with Gasteiger partial charge in [-0.25, -0.2) is 12.8 Å². The van der Waals surface area contributed by atoms with Gasteiger partial charge in [-0.1, -0.05) is 0 Å². The molecule has 0 bridgehead atoms. The second kappa shape index (κ2) is 8.18. The van der Waals surface area contributed by atoms with Gasteiger partial charge in [0.15, 0.2) is 9.84 Å². The van der Waals surface area contributed by atoms with Crippen molar-refractivity contribution in [2.75, 3.05) is 27.3 Å². The maximum absolute atomic E-state index is 13.1. The molecule has 0 aromatic heterocycles. The first-order valence-electron chi connectivity index (χ1n) is 8.87. The van der Waals surface area contributed by atoms with Gasteiger partial charge in [-0.05, 0) is 49.2 Å². The molecule has 0 atom stereocenters. The number of ether oxygens (including phenoxy) is 2. The zero-order valence-corrected chi connectivity index (χ0v) is 16.5. The molecule has 2 aromatic carbocycles. The standard InChI is InChI=1S/C20H22FNO5S/c1-26-15-5-8-18(19(13-15)27-2)20(23)22-11-9-17(10-12-22)28(24,25)16-6-3-14(21)4-7-16/h3-8,13,17H,9-12H2,1-2H3. The summed E-state index contributed by atoms with van der Waals surface area (Å²) in [5, 5.41) is -0.597. The highest BCUT2D eigenvalue weighted by Gasteiger charge is 2.33. The number of hydrogen-bond acceptors (Lipinski definition) is 5. The molecule has 0 spiro atoms. The maximum atomic E-state index is 13.1. The van der Waals surface area contributed by atoms with Crippen molar-refractivity contribution in [3.8, 4) is 11.5 Å². The van der Waals surface area contributed by atoms with Crippen LogP contribution in [0.5, 0.6) is 11.5 Å². The van der Waals surface area contributed by atoms with Crippen molar-refractivity contribution in [2.24, 2.45) is 0 Å². The lowest BCUT2D eigenvalue weighted by molar-refractivity contribution is 0.0722. The van der Waals surface area contributed by atoms with E-state index in [0.29, 0.717) is 43.0 Å². The minimum Gasteiger partial charge on any atom is -0.497 e. The van der Waals surface area contributed by atoms with E-state index in [0.717, 1.165) is 12.1 Å². The van der Waals surface area contributed by atoms with Crippen LogP contribution in [0.25, 0.3) is 0 Å². The number of methoxy groups -OCH3 is 2. The smallest absolute Gasteiger partial charge is 0.257 e. The van der Waals surface area contributed by atoms with Gasteiger partial charge < -0.3 is 14.4 Å². The molecule has 0 saturated carbocycles. The second-order valence-electron chi connectivity index (χ2n) is 6.56. The first-order valence-corrected chi connectivity index (χ1v) is 10.4. The molecule has 1 amide bonds. The lowest BCUT2D eigenvalue weighted by Crippen LogP contribution is -2.42. The summed E-state index contributed by atoms with van der Waals surface area (Å²) in [5.74, 6) is 0.299. The Hall–Kier alpha value is -2.61. The van der Waals surface area contributed by atoms with Gasteiger partial charge in [-0.15, -0.1) is 0 Å². The lowest BCUT2D eigenvalue weighted by atomic mass is 10.1. The van der Waals surface area contributed by atoms with Gasteiger partial charge in [0, 0.05) is 19.2 Å². The summed E-state index contributed by atoms with van der Waals surface area (Å²) >= 11 is 0. The summed E-state index contributed by atoms with van der Waals surface area (Å²) in [5.41, 5.74) is 0.406. The molecule has 1 aliphatic heterocycles. The number of nitrogens with zero attached hydrogens (tertiary/aromatic N) is 1. The van der Waals surface area contributed by atoms with E-state index in [1.165, 1.54) is 26.4 Å². The average Bonchev–Trinajstić information content (AvgIpc) is 2.73. The van der Waals surface area contributed by atoms with Crippen molar-refractivity contribution >= 4 is 15.7 Å². The van der Waals surface area contributed by atoms with Crippen LogP contribution in [-0.2, 0) is 9.84 Å². The molecule has 28 heavy (non-hydrogen) atoms. The minimum absolute atomic E-state index is 0.107. The monoisotopic (exact) mass is 407 g/mol. The number of likely N-dealkylation sites (tertiary alicyclic amines) is 1. The van der Waals surface area contributed by atoms with Gasteiger partial charge in [0.25, 0.3) is 5.91 Å². The molecule has 3 rings (SSSR count). The predicted molar refractivity (Wildman–Crippen MR) is 102 cm³/mol. The fraction of sp³-hybridized carbons (Fsp3) is 0.350. The van der Waals surface area contributed by atoms with Crippen LogP contribution in [0.2, 0.25) is 0 Å². The summed E-state index contributed by atoms with van der Waals surface area (Å²) in [6.07, 6.45) is 0.647. The highest BCUT2D eigenvalue weighted by atomic mass is 32.2.